The summed E-state index contributed by atoms with van der Waals surface area (Å²) in [4.78, 5) is 20.3. The van der Waals surface area contributed by atoms with E-state index >= 15 is 0 Å². The van der Waals surface area contributed by atoms with E-state index in [1.165, 1.54) is 5.57 Å². The maximum Gasteiger partial charge on any atom is 0.179 e. The Morgan fingerprint density at radius 2 is 2.00 bits per heavy atom. The molecule has 0 N–H and O–H groups in total. The highest BCUT2D eigenvalue weighted by Gasteiger charge is 2.44. The molecule has 0 saturated heterocycles. The number of benzene rings is 1. The number of hydrogen-bond acceptors (Lipinski definition) is 4. The molecule has 1 heterocycles. The van der Waals surface area contributed by atoms with Crippen LogP contribution in [0.5, 0.6) is 0 Å². The van der Waals surface area contributed by atoms with Crippen LogP contribution in [0.15, 0.2) is 59.1 Å². The van der Waals surface area contributed by atoms with E-state index in [-0.39, 0.29) is 0 Å². The van der Waals surface area contributed by atoms with E-state index in [9.17, 15) is 10.1 Å². The molecule has 1 aromatic carbocycles. The number of hydrogen-bond donors (Lipinski definition) is 0. The van der Waals surface area contributed by atoms with Gasteiger partial charge in [-0.25, -0.2) is 0 Å². The normalized spacial score (nSPS) is 20.2. The van der Waals surface area contributed by atoms with E-state index in [2.05, 4.69) is 42.2 Å². The summed E-state index contributed by atoms with van der Waals surface area (Å²) in [6.45, 7) is 3.42. The lowest BCUT2D eigenvalue weighted by Gasteiger charge is -2.37. The molecule has 4 heteroatoms. The summed E-state index contributed by atoms with van der Waals surface area (Å²) in [7, 11) is 0. The van der Waals surface area contributed by atoms with Crippen molar-refractivity contribution in [2.75, 3.05) is 13.1 Å². The Bertz CT molecular complexity index is 1000. The topological polar surface area (TPSA) is 56.5 Å². The standard InChI is InChI=1S/C27H31N3O/c1-2-3-13-26-29-27(16-6-7-17-27)25(31)20-30(26)19-21-9-8-11-22(15-14-21)24-12-5-4-10-23(24)18-28/h4-5,8,10-12,14-15H,2-3,6-7,9,13,16-17,19-20H2,1H3. The molecule has 1 aromatic rings. The lowest BCUT2D eigenvalue weighted by molar-refractivity contribution is -0.125. The number of allylic oxidation sites excluding steroid dienone is 5. The van der Waals surface area contributed by atoms with Crippen molar-refractivity contribution >= 4 is 17.2 Å². The Morgan fingerprint density at radius 1 is 1.19 bits per heavy atom. The van der Waals surface area contributed by atoms with Gasteiger partial charge in [-0.1, -0.05) is 68.7 Å². The van der Waals surface area contributed by atoms with Crippen molar-refractivity contribution in [1.82, 2.24) is 4.90 Å². The largest absolute Gasteiger partial charge is 0.349 e. The highest BCUT2D eigenvalue weighted by atomic mass is 16.1. The molecular formula is C27H31N3O. The number of unbranched alkanes of at least 4 members (excludes halogenated alkanes) is 1. The van der Waals surface area contributed by atoms with Crippen molar-refractivity contribution < 1.29 is 4.79 Å². The molecule has 0 bridgehead atoms. The Kier molecular flexibility index (Phi) is 6.51. The van der Waals surface area contributed by atoms with Crippen molar-refractivity contribution in [3.8, 4) is 6.07 Å². The molecule has 1 fully saturated rings. The number of Topliss-reactive ketones (excluding diaryl/α,β-unsaturated/α-hetero) is 1. The molecule has 1 aliphatic heterocycles. The number of ketones is 1. The fourth-order valence-electron chi connectivity index (χ4n) is 4.88. The highest BCUT2D eigenvalue weighted by molar-refractivity contribution is 6.00. The van der Waals surface area contributed by atoms with Crippen molar-refractivity contribution in [3.05, 3.63) is 65.3 Å². The first-order chi connectivity index (χ1) is 15.1. The van der Waals surface area contributed by atoms with Crippen LogP contribution in [0.2, 0.25) is 0 Å². The monoisotopic (exact) mass is 413 g/mol. The van der Waals surface area contributed by atoms with Gasteiger partial charge in [0.1, 0.15) is 11.4 Å². The van der Waals surface area contributed by atoms with E-state index in [0.717, 1.165) is 74.9 Å². The van der Waals surface area contributed by atoms with Crippen LogP contribution < -0.4 is 0 Å². The van der Waals surface area contributed by atoms with Gasteiger partial charge in [0.05, 0.1) is 18.2 Å². The third-order valence-corrected chi connectivity index (χ3v) is 6.67. The summed E-state index contributed by atoms with van der Waals surface area (Å²) < 4.78 is 0. The fraction of sp³-hybridized carbons (Fsp3) is 0.444. The third-order valence-electron chi connectivity index (χ3n) is 6.67. The van der Waals surface area contributed by atoms with Crippen LogP contribution in [0, 0.1) is 11.3 Å². The zero-order valence-electron chi connectivity index (χ0n) is 18.4. The molecule has 4 rings (SSSR count). The predicted octanol–water partition coefficient (Wildman–Crippen LogP) is 5.61. The van der Waals surface area contributed by atoms with Gasteiger partial charge in [0.15, 0.2) is 5.78 Å². The molecule has 1 saturated carbocycles. The van der Waals surface area contributed by atoms with Crippen LogP contribution in [0.1, 0.15) is 69.4 Å². The lowest BCUT2D eigenvalue weighted by atomic mass is 9.90. The summed E-state index contributed by atoms with van der Waals surface area (Å²) in [5, 5.41) is 9.43. The van der Waals surface area contributed by atoms with Gasteiger partial charge in [0, 0.05) is 13.0 Å². The predicted molar refractivity (Wildman–Crippen MR) is 126 cm³/mol. The number of aliphatic imine (C=N–C) groups is 1. The summed E-state index contributed by atoms with van der Waals surface area (Å²) in [6, 6.07) is 10.00. The van der Waals surface area contributed by atoms with Gasteiger partial charge in [-0.3, -0.25) is 9.79 Å². The van der Waals surface area contributed by atoms with E-state index in [4.69, 9.17) is 4.99 Å². The quantitative estimate of drug-likeness (QED) is 0.609. The highest BCUT2D eigenvalue weighted by Crippen LogP contribution is 2.37. The maximum absolute atomic E-state index is 13.0. The van der Waals surface area contributed by atoms with Gasteiger partial charge in [0.2, 0.25) is 0 Å². The average Bonchev–Trinajstić information content (AvgIpc) is 3.14. The Morgan fingerprint density at radius 3 is 2.77 bits per heavy atom. The summed E-state index contributed by atoms with van der Waals surface area (Å²) in [6.07, 6.45) is 16.6. The third kappa shape index (κ3) is 4.56. The first-order valence-corrected chi connectivity index (χ1v) is 11.6. The van der Waals surface area contributed by atoms with Gasteiger partial charge in [-0.2, -0.15) is 5.26 Å². The van der Waals surface area contributed by atoms with Gasteiger partial charge >= 0.3 is 0 Å². The van der Waals surface area contributed by atoms with E-state index in [0.29, 0.717) is 17.9 Å². The molecule has 0 aromatic heterocycles. The number of rotatable bonds is 6. The maximum atomic E-state index is 13.0. The second-order valence-electron chi connectivity index (χ2n) is 8.86. The smallest absolute Gasteiger partial charge is 0.179 e. The van der Waals surface area contributed by atoms with Gasteiger partial charge < -0.3 is 4.90 Å². The number of nitrogens with zero attached hydrogens (tertiary/aromatic N) is 3. The molecule has 3 aliphatic rings. The first-order valence-electron chi connectivity index (χ1n) is 11.6. The second-order valence-corrected chi connectivity index (χ2v) is 8.86. The summed E-state index contributed by atoms with van der Waals surface area (Å²) in [5.74, 6) is 1.42. The molecular weight excluding hydrogens is 382 g/mol. The number of nitriles is 1. The van der Waals surface area contributed by atoms with Crippen molar-refractivity contribution in [2.24, 2.45) is 4.99 Å². The van der Waals surface area contributed by atoms with E-state index in [1.807, 2.05) is 24.3 Å². The van der Waals surface area contributed by atoms with Gasteiger partial charge in [-0.05, 0) is 48.5 Å². The van der Waals surface area contributed by atoms with Crippen molar-refractivity contribution in [2.45, 2.75) is 63.8 Å². The summed E-state index contributed by atoms with van der Waals surface area (Å²) in [5.41, 5.74) is 3.53. The van der Waals surface area contributed by atoms with Crippen LogP contribution in [0.4, 0.5) is 0 Å². The number of amidine groups is 1. The minimum Gasteiger partial charge on any atom is -0.349 e. The van der Waals surface area contributed by atoms with Crippen LogP contribution in [-0.2, 0) is 4.79 Å². The zero-order valence-corrected chi connectivity index (χ0v) is 18.4. The lowest BCUT2D eigenvalue weighted by Crippen LogP contribution is -2.51. The molecule has 31 heavy (non-hydrogen) atoms. The fourth-order valence-corrected chi connectivity index (χ4v) is 4.88. The summed E-state index contributed by atoms with van der Waals surface area (Å²) >= 11 is 0. The molecule has 0 amide bonds. The van der Waals surface area contributed by atoms with E-state index in [1.54, 1.807) is 0 Å². The van der Waals surface area contributed by atoms with Gasteiger partial charge in [0.25, 0.3) is 0 Å². The zero-order chi connectivity index (χ0) is 21.7. The van der Waals surface area contributed by atoms with Crippen molar-refractivity contribution in [1.29, 1.82) is 5.26 Å². The number of carbonyl (C=O) groups excluding carboxylic acids is 1. The van der Waals surface area contributed by atoms with Gasteiger partial charge in [-0.15, -0.1) is 0 Å². The van der Waals surface area contributed by atoms with E-state index < -0.39 is 5.54 Å². The van der Waals surface area contributed by atoms with Crippen molar-refractivity contribution in [3.63, 3.8) is 0 Å². The molecule has 1 spiro atoms. The molecule has 2 aliphatic carbocycles. The van der Waals surface area contributed by atoms with Crippen LogP contribution >= 0.6 is 0 Å². The molecule has 0 atom stereocenters. The average molecular weight is 414 g/mol. The first kappa shape index (κ1) is 21.3. The SMILES string of the molecule is CCCCC1=NC2(CCCC2)C(=O)CN1CC1=CC=C(c2ccccc2C#N)C=CC1. The molecule has 4 nitrogen and oxygen atoms in total. The number of carbonyl (C=O) groups is 1. The minimum atomic E-state index is -0.425. The molecule has 0 radical (unpaired) electrons. The van der Waals surface area contributed by atoms with Crippen LogP contribution in [0.3, 0.4) is 0 Å². The Labute approximate surface area is 185 Å². The minimum absolute atomic E-state index is 0.300. The molecule has 0 unspecified atom stereocenters. The Hall–Kier alpha value is -2.93. The molecule has 160 valence electrons. The second kappa shape index (κ2) is 9.47. The van der Waals surface area contributed by atoms with Crippen LogP contribution in [0.25, 0.3) is 5.57 Å². The van der Waals surface area contributed by atoms with Crippen LogP contribution in [-0.4, -0.2) is 35.1 Å². The Balaban J connectivity index is 1.57.